The van der Waals surface area contributed by atoms with Gasteiger partial charge in [0.15, 0.2) is 0 Å². The van der Waals surface area contributed by atoms with Crippen molar-refractivity contribution in [2.75, 3.05) is 34.0 Å². The van der Waals surface area contributed by atoms with Crippen molar-refractivity contribution in [2.24, 2.45) is 5.41 Å². The Bertz CT molecular complexity index is 135. The summed E-state index contributed by atoms with van der Waals surface area (Å²) in [6, 6.07) is 1.97. The van der Waals surface area contributed by atoms with Crippen LogP contribution in [0.15, 0.2) is 0 Å². The quantitative estimate of drug-likeness (QED) is 0.602. The van der Waals surface area contributed by atoms with Crippen LogP contribution in [0.3, 0.4) is 0 Å². The molecule has 0 radical (unpaired) electrons. The van der Waals surface area contributed by atoms with Crippen molar-refractivity contribution in [2.45, 2.75) is 0 Å². The topological polar surface area (TPSA) is 62.5 Å². The summed E-state index contributed by atoms with van der Waals surface area (Å²) in [4.78, 5) is 0. The fourth-order valence-electron chi connectivity index (χ4n) is 0.785. The van der Waals surface area contributed by atoms with E-state index in [1.165, 1.54) is 14.2 Å². The number of hydrogen-bond donors (Lipinski definition) is 1. The average molecular weight is 159 g/mol. The number of nitrogens with zero attached hydrogens (tertiary/aromatic N) is 1. The third-order valence-electron chi connectivity index (χ3n) is 1.38. The standard InChI is InChI=1S/C7H13NO3/c1-10-5-7(3-8,4-9)6-11-2/h9H,4-6H2,1-2H3. The molecular weight excluding hydrogens is 146 g/mol. The highest BCUT2D eigenvalue weighted by Gasteiger charge is 2.29. The van der Waals surface area contributed by atoms with Gasteiger partial charge >= 0.3 is 0 Å². The van der Waals surface area contributed by atoms with Crippen LogP contribution in [0.1, 0.15) is 0 Å². The second-order valence-corrected chi connectivity index (χ2v) is 2.42. The average Bonchev–Trinajstić information content (AvgIpc) is 2.04. The fourth-order valence-corrected chi connectivity index (χ4v) is 0.785. The molecule has 0 rings (SSSR count). The number of nitriles is 1. The minimum absolute atomic E-state index is 0.188. The molecule has 0 fully saturated rings. The monoisotopic (exact) mass is 159 g/mol. The van der Waals surface area contributed by atoms with Crippen molar-refractivity contribution in [3.63, 3.8) is 0 Å². The van der Waals surface area contributed by atoms with Gasteiger partial charge in [-0.3, -0.25) is 0 Å². The first kappa shape index (κ1) is 10.4. The van der Waals surface area contributed by atoms with Gasteiger partial charge in [0.25, 0.3) is 0 Å². The molecule has 0 saturated heterocycles. The zero-order valence-corrected chi connectivity index (χ0v) is 6.83. The van der Waals surface area contributed by atoms with Crippen LogP contribution in [0.25, 0.3) is 0 Å². The smallest absolute Gasteiger partial charge is 0.127 e. The van der Waals surface area contributed by atoms with Gasteiger partial charge in [-0.1, -0.05) is 0 Å². The second kappa shape index (κ2) is 5.08. The van der Waals surface area contributed by atoms with Crippen LogP contribution in [0.5, 0.6) is 0 Å². The minimum atomic E-state index is -0.899. The van der Waals surface area contributed by atoms with Crippen LogP contribution in [-0.2, 0) is 9.47 Å². The van der Waals surface area contributed by atoms with Gasteiger partial charge in [-0.15, -0.1) is 0 Å². The largest absolute Gasteiger partial charge is 0.395 e. The maximum absolute atomic E-state index is 8.86. The van der Waals surface area contributed by atoms with E-state index < -0.39 is 5.41 Å². The Labute approximate surface area is 66.3 Å². The number of ether oxygens (including phenoxy) is 2. The fraction of sp³-hybridized carbons (Fsp3) is 0.857. The number of methoxy groups -OCH3 is 2. The summed E-state index contributed by atoms with van der Waals surface area (Å²) in [6.07, 6.45) is 0. The number of rotatable bonds is 5. The summed E-state index contributed by atoms with van der Waals surface area (Å²) in [5.41, 5.74) is -0.899. The predicted molar refractivity (Wildman–Crippen MR) is 38.9 cm³/mol. The SMILES string of the molecule is COCC(C#N)(CO)COC. The molecule has 0 aromatic carbocycles. The molecule has 0 heterocycles. The lowest BCUT2D eigenvalue weighted by atomic mass is 9.93. The van der Waals surface area contributed by atoms with Gasteiger partial charge in [0.05, 0.1) is 25.9 Å². The Morgan fingerprint density at radius 3 is 2.00 bits per heavy atom. The van der Waals surface area contributed by atoms with Crippen molar-refractivity contribution in [3.05, 3.63) is 0 Å². The normalized spacial score (nSPS) is 11.1. The van der Waals surface area contributed by atoms with E-state index in [1.807, 2.05) is 6.07 Å². The molecule has 4 nitrogen and oxygen atoms in total. The molecule has 64 valence electrons. The van der Waals surface area contributed by atoms with E-state index in [1.54, 1.807) is 0 Å². The van der Waals surface area contributed by atoms with Gasteiger partial charge in [0.2, 0.25) is 0 Å². The minimum Gasteiger partial charge on any atom is -0.395 e. The predicted octanol–water partition coefficient (Wildman–Crippen LogP) is -0.219. The van der Waals surface area contributed by atoms with Gasteiger partial charge in [0, 0.05) is 14.2 Å². The molecular formula is C7H13NO3. The molecule has 0 spiro atoms. The van der Waals surface area contributed by atoms with Gasteiger partial charge in [-0.05, 0) is 0 Å². The molecule has 0 saturated carbocycles. The Morgan fingerprint density at radius 1 is 1.36 bits per heavy atom. The third kappa shape index (κ3) is 2.85. The van der Waals surface area contributed by atoms with Gasteiger partial charge < -0.3 is 14.6 Å². The van der Waals surface area contributed by atoms with Crippen molar-refractivity contribution in [1.29, 1.82) is 5.26 Å². The molecule has 0 bridgehead atoms. The first-order chi connectivity index (χ1) is 5.24. The lowest BCUT2D eigenvalue weighted by Gasteiger charge is -2.21. The van der Waals surface area contributed by atoms with Gasteiger partial charge in [-0.25, -0.2) is 0 Å². The summed E-state index contributed by atoms with van der Waals surface area (Å²) in [5.74, 6) is 0. The third-order valence-corrected chi connectivity index (χ3v) is 1.38. The lowest BCUT2D eigenvalue weighted by Crippen LogP contribution is -2.33. The molecule has 4 heteroatoms. The molecule has 11 heavy (non-hydrogen) atoms. The zero-order chi connectivity index (χ0) is 8.74. The summed E-state index contributed by atoms with van der Waals surface area (Å²) in [7, 11) is 2.97. The van der Waals surface area contributed by atoms with Crippen molar-refractivity contribution in [3.8, 4) is 6.07 Å². The Hall–Kier alpha value is -0.630. The van der Waals surface area contributed by atoms with E-state index in [2.05, 4.69) is 0 Å². The van der Waals surface area contributed by atoms with Crippen LogP contribution < -0.4 is 0 Å². The highest BCUT2D eigenvalue weighted by Crippen LogP contribution is 2.15. The molecule has 0 aromatic rings. The Balaban J connectivity index is 4.11. The molecule has 0 aliphatic rings. The van der Waals surface area contributed by atoms with E-state index in [4.69, 9.17) is 19.8 Å². The molecule has 0 unspecified atom stereocenters. The second-order valence-electron chi connectivity index (χ2n) is 2.42. The first-order valence-corrected chi connectivity index (χ1v) is 3.24. The van der Waals surface area contributed by atoms with Crippen LogP contribution in [0.2, 0.25) is 0 Å². The molecule has 0 atom stereocenters. The summed E-state index contributed by atoms with van der Waals surface area (Å²) in [5, 5.41) is 17.5. The maximum Gasteiger partial charge on any atom is 0.127 e. The Kier molecular flexibility index (Phi) is 4.79. The number of aliphatic hydroxyl groups is 1. The van der Waals surface area contributed by atoms with Crippen molar-refractivity contribution >= 4 is 0 Å². The van der Waals surface area contributed by atoms with Gasteiger partial charge in [-0.2, -0.15) is 5.26 Å². The first-order valence-electron chi connectivity index (χ1n) is 3.24. The summed E-state index contributed by atoms with van der Waals surface area (Å²) in [6.45, 7) is 0.132. The molecule has 1 N–H and O–H groups in total. The summed E-state index contributed by atoms with van der Waals surface area (Å²) >= 11 is 0. The molecule has 0 amide bonds. The summed E-state index contributed by atoms with van der Waals surface area (Å²) < 4.78 is 9.56. The van der Waals surface area contributed by atoms with E-state index in [9.17, 15) is 0 Å². The molecule has 0 aliphatic carbocycles. The van der Waals surface area contributed by atoms with Crippen LogP contribution in [0, 0.1) is 16.7 Å². The molecule has 0 aliphatic heterocycles. The van der Waals surface area contributed by atoms with E-state index in [0.29, 0.717) is 0 Å². The van der Waals surface area contributed by atoms with E-state index >= 15 is 0 Å². The maximum atomic E-state index is 8.86. The number of hydrogen-bond acceptors (Lipinski definition) is 4. The molecule has 0 aromatic heterocycles. The van der Waals surface area contributed by atoms with E-state index in [0.717, 1.165) is 0 Å². The van der Waals surface area contributed by atoms with E-state index in [-0.39, 0.29) is 19.8 Å². The zero-order valence-electron chi connectivity index (χ0n) is 6.83. The number of aliphatic hydroxyl groups excluding tert-OH is 1. The van der Waals surface area contributed by atoms with Crippen molar-refractivity contribution in [1.82, 2.24) is 0 Å². The Morgan fingerprint density at radius 2 is 1.82 bits per heavy atom. The van der Waals surface area contributed by atoms with Crippen molar-refractivity contribution < 1.29 is 14.6 Å². The van der Waals surface area contributed by atoms with Gasteiger partial charge in [0.1, 0.15) is 5.41 Å². The highest BCUT2D eigenvalue weighted by atomic mass is 16.5. The highest BCUT2D eigenvalue weighted by molar-refractivity contribution is 4.98. The van der Waals surface area contributed by atoms with Crippen LogP contribution in [-0.4, -0.2) is 39.1 Å². The lowest BCUT2D eigenvalue weighted by molar-refractivity contribution is 0.00983. The van der Waals surface area contributed by atoms with Crippen LogP contribution >= 0.6 is 0 Å². The van der Waals surface area contributed by atoms with Crippen LogP contribution in [0.4, 0.5) is 0 Å².